The van der Waals surface area contributed by atoms with Crippen LogP contribution in [0.4, 0.5) is 15.9 Å². The van der Waals surface area contributed by atoms with Crippen LogP contribution < -0.4 is 15.5 Å². The van der Waals surface area contributed by atoms with Gasteiger partial charge < -0.3 is 15.5 Å². The molecule has 0 bridgehead atoms. The second-order valence-electron chi connectivity index (χ2n) is 6.26. The van der Waals surface area contributed by atoms with Crippen LogP contribution in [0.5, 0.6) is 0 Å². The highest BCUT2D eigenvalue weighted by Crippen LogP contribution is 2.37. The Morgan fingerprint density at radius 2 is 2.22 bits per heavy atom. The first kappa shape index (κ1) is 17.7. The molecule has 0 atom stereocenters. The van der Waals surface area contributed by atoms with Gasteiger partial charge in [-0.25, -0.2) is 19.3 Å². The van der Waals surface area contributed by atoms with Gasteiger partial charge in [0.25, 0.3) is 5.91 Å². The van der Waals surface area contributed by atoms with Gasteiger partial charge in [-0.1, -0.05) is 11.3 Å². The summed E-state index contributed by atoms with van der Waals surface area (Å²) in [6.45, 7) is 2.11. The molecule has 0 saturated heterocycles. The zero-order chi connectivity index (χ0) is 18.8. The molecule has 0 radical (unpaired) electrons. The molecule has 0 saturated carbocycles. The SMILES string of the molecule is CNCCCNC(=O)c1nc2c(N3CCc4cc(F)ccc43)ncnc2s1. The Labute approximate surface area is 159 Å². The molecule has 3 aromatic rings. The lowest BCUT2D eigenvalue weighted by Gasteiger charge is -2.18. The van der Waals surface area contributed by atoms with E-state index in [2.05, 4.69) is 25.6 Å². The van der Waals surface area contributed by atoms with Gasteiger partial charge in [-0.05, 0) is 50.2 Å². The van der Waals surface area contributed by atoms with Crippen molar-refractivity contribution in [3.8, 4) is 0 Å². The van der Waals surface area contributed by atoms with Crippen molar-refractivity contribution in [2.75, 3.05) is 31.6 Å². The molecule has 140 valence electrons. The molecule has 0 fully saturated rings. The maximum atomic E-state index is 13.5. The summed E-state index contributed by atoms with van der Waals surface area (Å²) in [7, 11) is 1.88. The number of nitrogens with one attached hydrogen (secondary N) is 2. The molecule has 7 nitrogen and oxygen atoms in total. The molecule has 3 heterocycles. The molecular weight excluding hydrogens is 367 g/mol. The first-order valence-corrected chi connectivity index (χ1v) is 9.59. The number of hydrogen-bond acceptors (Lipinski definition) is 7. The van der Waals surface area contributed by atoms with Crippen molar-refractivity contribution in [1.82, 2.24) is 25.6 Å². The molecule has 1 aromatic carbocycles. The molecule has 4 rings (SSSR count). The Bertz CT molecular complexity index is 991. The zero-order valence-corrected chi connectivity index (χ0v) is 15.6. The van der Waals surface area contributed by atoms with Crippen molar-refractivity contribution < 1.29 is 9.18 Å². The third kappa shape index (κ3) is 3.47. The summed E-state index contributed by atoms with van der Waals surface area (Å²) in [5.74, 6) is 0.203. The summed E-state index contributed by atoms with van der Waals surface area (Å²) >= 11 is 1.25. The van der Waals surface area contributed by atoms with E-state index in [-0.39, 0.29) is 11.7 Å². The summed E-state index contributed by atoms with van der Waals surface area (Å²) < 4.78 is 13.5. The molecule has 2 aromatic heterocycles. The average Bonchev–Trinajstić information content (AvgIpc) is 3.28. The summed E-state index contributed by atoms with van der Waals surface area (Å²) in [6, 6.07) is 4.76. The summed E-state index contributed by atoms with van der Waals surface area (Å²) in [5, 5.41) is 6.28. The minimum atomic E-state index is -0.241. The van der Waals surface area contributed by atoms with E-state index in [1.54, 1.807) is 12.1 Å². The Kier molecular flexibility index (Phi) is 4.95. The van der Waals surface area contributed by atoms with Gasteiger partial charge in [-0.2, -0.15) is 0 Å². The number of benzene rings is 1. The molecule has 2 N–H and O–H groups in total. The number of hydrogen-bond donors (Lipinski definition) is 2. The number of fused-ring (bicyclic) bond motifs is 2. The highest BCUT2D eigenvalue weighted by atomic mass is 32.1. The predicted molar refractivity (Wildman–Crippen MR) is 103 cm³/mol. The zero-order valence-electron chi connectivity index (χ0n) is 14.8. The minimum absolute atomic E-state index is 0.205. The van der Waals surface area contributed by atoms with Crippen LogP contribution in [0.2, 0.25) is 0 Å². The van der Waals surface area contributed by atoms with Gasteiger partial charge in [0.1, 0.15) is 22.5 Å². The lowest BCUT2D eigenvalue weighted by Crippen LogP contribution is -2.26. The number of halogens is 1. The van der Waals surface area contributed by atoms with Gasteiger partial charge in [-0.15, -0.1) is 0 Å². The minimum Gasteiger partial charge on any atom is -0.350 e. The van der Waals surface area contributed by atoms with Gasteiger partial charge in [0.05, 0.1) is 0 Å². The van der Waals surface area contributed by atoms with E-state index in [0.717, 1.165) is 30.6 Å². The molecule has 27 heavy (non-hydrogen) atoms. The van der Waals surface area contributed by atoms with E-state index in [1.807, 2.05) is 11.9 Å². The predicted octanol–water partition coefficient (Wildman–Crippen LogP) is 2.26. The average molecular weight is 386 g/mol. The fourth-order valence-corrected chi connectivity index (χ4v) is 3.99. The number of amides is 1. The summed E-state index contributed by atoms with van der Waals surface area (Å²) in [6.07, 6.45) is 3.06. The van der Waals surface area contributed by atoms with Crippen molar-refractivity contribution in [2.45, 2.75) is 12.8 Å². The van der Waals surface area contributed by atoms with E-state index in [9.17, 15) is 9.18 Å². The second kappa shape index (κ2) is 7.53. The number of rotatable bonds is 6. The summed E-state index contributed by atoms with van der Waals surface area (Å²) in [5.41, 5.74) is 2.46. The Hall–Kier alpha value is -2.65. The van der Waals surface area contributed by atoms with Crippen LogP contribution in [0.15, 0.2) is 24.5 Å². The molecule has 9 heteroatoms. The van der Waals surface area contributed by atoms with Gasteiger partial charge in [0.15, 0.2) is 10.8 Å². The van der Waals surface area contributed by atoms with E-state index in [4.69, 9.17) is 0 Å². The highest BCUT2D eigenvalue weighted by molar-refractivity contribution is 7.19. The first-order valence-electron chi connectivity index (χ1n) is 8.77. The maximum Gasteiger partial charge on any atom is 0.280 e. The van der Waals surface area contributed by atoms with E-state index in [1.165, 1.54) is 23.7 Å². The Morgan fingerprint density at radius 1 is 1.33 bits per heavy atom. The van der Waals surface area contributed by atoms with Gasteiger partial charge in [-0.3, -0.25) is 4.79 Å². The van der Waals surface area contributed by atoms with E-state index < -0.39 is 0 Å². The standard InChI is InChI=1S/C18H19FN6OS/c1-20-6-2-7-21-16(26)18-24-14-15(22-10-23-17(14)27-18)25-8-5-11-9-12(19)3-4-13(11)25/h3-4,9-10,20H,2,5-8H2,1H3,(H,21,26). The largest absolute Gasteiger partial charge is 0.350 e. The number of thiazole rings is 1. The van der Waals surface area contributed by atoms with Gasteiger partial charge in [0, 0.05) is 18.8 Å². The molecular formula is C18H19FN6OS. The van der Waals surface area contributed by atoms with Crippen LogP contribution in [0.3, 0.4) is 0 Å². The maximum absolute atomic E-state index is 13.5. The van der Waals surface area contributed by atoms with Crippen molar-refractivity contribution in [3.05, 3.63) is 40.9 Å². The molecule has 0 aliphatic carbocycles. The Balaban J connectivity index is 1.62. The Morgan fingerprint density at radius 3 is 3.07 bits per heavy atom. The van der Waals surface area contributed by atoms with Crippen molar-refractivity contribution in [3.63, 3.8) is 0 Å². The quantitative estimate of drug-likeness (QED) is 0.633. The van der Waals surface area contributed by atoms with Crippen molar-refractivity contribution >= 4 is 39.1 Å². The second-order valence-corrected chi connectivity index (χ2v) is 7.24. The lowest BCUT2D eigenvalue weighted by atomic mass is 10.2. The fraction of sp³-hybridized carbons (Fsp3) is 0.333. The first-order chi connectivity index (χ1) is 13.2. The van der Waals surface area contributed by atoms with Crippen LogP contribution in [0.1, 0.15) is 21.8 Å². The number of anilines is 2. The van der Waals surface area contributed by atoms with Crippen molar-refractivity contribution in [2.24, 2.45) is 0 Å². The lowest BCUT2D eigenvalue weighted by molar-refractivity contribution is 0.0953. The number of nitrogens with zero attached hydrogens (tertiary/aromatic N) is 4. The molecule has 1 aliphatic rings. The number of aromatic nitrogens is 3. The topological polar surface area (TPSA) is 83.0 Å². The van der Waals surface area contributed by atoms with Gasteiger partial charge >= 0.3 is 0 Å². The van der Waals surface area contributed by atoms with Crippen LogP contribution in [-0.2, 0) is 6.42 Å². The third-order valence-corrected chi connectivity index (χ3v) is 5.41. The van der Waals surface area contributed by atoms with Crippen LogP contribution in [-0.4, -0.2) is 47.5 Å². The third-order valence-electron chi connectivity index (χ3n) is 4.45. The highest BCUT2D eigenvalue weighted by Gasteiger charge is 2.25. The summed E-state index contributed by atoms with van der Waals surface area (Å²) in [4.78, 5) is 28.2. The molecule has 0 spiro atoms. The van der Waals surface area contributed by atoms with Crippen LogP contribution in [0, 0.1) is 5.82 Å². The van der Waals surface area contributed by atoms with E-state index in [0.29, 0.717) is 34.3 Å². The molecule has 1 aliphatic heterocycles. The van der Waals surface area contributed by atoms with Crippen LogP contribution in [0.25, 0.3) is 10.3 Å². The number of carbonyl (C=O) groups excluding carboxylic acids is 1. The normalized spacial score (nSPS) is 13.2. The van der Waals surface area contributed by atoms with Crippen molar-refractivity contribution in [1.29, 1.82) is 0 Å². The van der Waals surface area contributed by atoms with E-state index >= 15 is 0 Å². The van der Waals surface area contributed by atoms with Crippen LogP contribution >= 0.6 is 11.3 Å². The molecule has 1 amide bonds. The monoisotopic (exact) mass is 386 g/mol. The van der Waals surface area contributed by atoms with Gasteiger partial charge in [0.2, 0.25) is 0 Å². The fourth-order valence-electron chi connectivity index (χ4n) is 3.17. The number of carbonyl (C=O) groups is 1. The molecule has 0 unspecified atom stereocenters. The smallest absolute Gasteiger partial charge is 0.280 e.